The molecular weight excluding hydrogens is 442 g/mol. The van der Waals surface area contributed by atoms with Gasteiger partial charge in [-0.1, -0.05) is 19.1 Å². The maximum Gasteiger partial charge on any atom is 0.191 e. The molecule has 0 unspecified atom stereocenters. The van der Waals surface area contributed by atoms with Crippen molar-refractivity contribution in [1.29, 1.82) is 0 Å². The lowest BCUT2D eigenvalue weighted by atomic mass is 9.94. The highest BCUT2D eigenvalue weighted by Crippen LogP contribution is 2.20. The van der Waals surface area contributed by atoms with Gasteiger partial charge in [0.1, 0.15) is 5.82 Å². The van der Waals surface area contributed by atoms with Crippen LogP contribution in [0.15, 0.2) is 29.3 Å². The van der Waals surface area contributed by atoms with Gasteiger partial charge in [0.2, 0.25) is 0 Å². The minimum atomic E-state index is -0.184. The summed E-state index contributed by atoms with van der Waals surface area (Å²) in [6.07, 6.45) is 4.64. The number of halogens is 2. The number of guanidine groups is 1. The lowest BCUT2D eigenvalue weighted by Crippen LogP contribution is -2.38. The summed E-state index contributed by atoms with van der Waals surface area (Å²) in [5.41, 5.74) is 1.13. The number of hydrogen-bond donors (Lipinski definition) is 2. The maximum absolute atomic E-state index is 12.9. The molecule has 2 N–H and O–H groups in total. The fourth-order valence-electron chi connectivity index (χ4n) is 3.27. The number of piperidine rings is 1. The van der Waals surface area contributed by atoms with Gasteiger partial charge in [0, 0.05) is 19.6 Å². The predicted octanol–water partition coefficient (Wildman–Crippen LogP) is 3.66. The van der Waals surface area contributed by atoms with E-state index in [0.29, 0.717) is 0 Å². The normalized spacial score (nSPS) is 16.2. The number of nitrogens with zero attached hydrogens (tertiary/aromatic N) is 2. The van der Waals surface area contributed by atoms with E-state index in [1.807, 2.05) is 12.1 Å². The summed E-state index contributed by atoms with van der Waals surface area (Å²) in [4.78, 5) is 7.24. The molecule has 0 amide bonds. The summed E-state index contributed by atoms with van der Waals surface area (Å²) in [6, 6.07) is 6.70. The number of hydrogen-bond acceptors (Lipinski definition) is 2. The van der Waals surface area contributed by atoms with E-state index in [4.69, 9.17) is 4.99 Å². The summed E-state index contributed by atoms with van der Waals surface area (Å²) in [7, 11) is 0. The largest absolute Gasteiger partial charge is 0.357 e. The van der Waals surface area contributed by atoms with Crippen molar-refractivity contribution in [3.63, 3.8) is 0 Å². The van der Waals surface area contributed by atoms with Crippen molar-refractivity contribution in [2.75, 3.05) is 39.3 Å². The average Bonchev–Trinajstić information content (AvgIpc) is 2.64. The molecule has 0 atom stereocenters. The molecule has 1 fully saturated rings. The van der Waals surface area contributed by atoms with Crippen molar-refractivity contribution >= 4 is 29.9 Å². The second-order valence-corrected chi connectivity index (χ2v) is 6.73. The Morgan fingerprint density at radius 1 is 1.15 bits per heavy atom. The Labute approximate surface area is 175 Å². The quantitative estimate of drug-likeness (QED) is 0.342. The molecule has 1 aromatic carbocycles. The van der Waals surface area contributed by atoms with Crippen LogP contribution in [0.2, 0.25) is 0 Å². The van der Waals surface area contributed by atoms with Gasteiger partial charge in [-0.3, -0.25) is 4.99 Å². The lowest BCUT2D eigenvalue weighted by Gasteiger charge is -2.30. The molecule has 1 aromatic rings. The van der Waals surface area contributed by atoms with Crippen LogP contribution in [0.4, 0.5) is 4.39 Å². The van der Waals surface area contributed by atoms with Gasteiger partial charge in [-0.2, -0.15) is 0 Å². The second kappa shape index (κ2) is 13.3. The number of rotatable bonds is 8. The van der Waals surface area contributed by atoms with Crippen LogP contribution in [0.3, 0.4) is 0 Å². The Morgan fingerprint density at radius 2 is 1.85 bits per heavy atom. The molecule has 0 spiro atoms. The molecule has 1 saturated heterocycles. The Morgan fingerprint density at radius 3 is 2.46 bits per heavy atom. The van der Waals surface area contributed by atoms with E-state index >= 15 is 0 Å². The molecule has 1 heterocycles. The third-order valence-corrected chi connectivity index (χ3v) is 4.93. The van der Waals surface area contributed by atoms with E-state index in [2.05, 4.69) is 29.4 Å². The van der Waals surface area contributed by atoms with Crippen molar-refractivity contribution in [2.24, 2.45) is 10.9 Å². The summed E-state index contributed by atoms with van der Waals surface area (Å²) in [5, 5.41) is 6.68. The molecule has 1 aliphatic rings. The monoisotopic (exact) mass is 476 g/mol. The van der Waals surface area contributed by atoms with E-state index in [1.165, 1.54) is 51.0 Å². The lowest BCUT2D eigenvalue weighted by molar-refractivity contribution is 0.188. The summed E-state index contributed by atoms with van der Waals surface area (Å²) in [6.45, 7) is 10.5. The Hall–Kier alpha value is -0.890. The third-order valence-electron chi connectivity index (χ3n) is 4.93. The Kier molecular flexibility index (Phi) is 11.8. The van der Waals surface area contributed by atoms with Crippen LogP contribution in [0, 0.1) is 11.7 Å². The Balaban J connectivity index is 0.00000338. The molecule has 6 heteroatoms. The van der Waals surface area contributed by atoms with E-state index in [0.717, 1.165) is 43.5 Å². The maximum atomic E-state index is 12.9. The van der Waals surface area contributed by atoms with Gasteiger partial charge >= 0.3 is 0 Å². The standard InChI is InChI=1S/C20H33FN4.HI/c1-3-22-20(23-13-9-17-5-7-19(21)8-6-17)24-14-10-18-11-15-25(4-2)16-12-18;/h5-8,18H,3-4,9-16H2,1-2H3,(H2,22,23,24);1H. The fraction of sp³-hybridized carbons (Fsp3) is 0.650. The summed E-state index contributed by atoms with van der Waals surface area (Å²) >= 11 is 0. The van der Waals surface area contributed by atoms with Crippen LogP contribution in [-0.2, 0) is 6.42 Å². The minimum absolute atomic E-state index is 0. The van der Waals surface area contributed by atoms with Gasteiger partial charge in [-0.15, -0.1) is 24.0 Å². The Bertz CT molecular complexity index is 513. The molecule has 4 nitrogen and oxygen atoms in total. The molecule has 0 aliphatic carbocycles. The molecule has 26 heavy (non-hydrogen) atoms. The van der Waals surface area contributed by atoms with Crippen molar-refractivity contribution in [3.05, 3.63) is 35.6 Å². The van der Waals surface area contributed by atoms with Crippen molar-refractivity contribution in [1.82, 2.24) is 15.5 Å². The first-order chi connectivity index (χ1) is 12.2. The highest BCUT2D eigenvalue weighted by Gasteiger charge is 2.17. The van der Waals surface area contributed by atoms with Crippen molar-refractivity contribution < 1.29 is 4.39 Å². The molecule has 0 radical (unpaired) electrons. The molecule has 0 bridgehead atoms. The molecular formula is C20H34FIN4. The van der Waals surface area contributed by atoms with E-state index in [9.17, 15) is 4.39 Å². The first kappa shape index (κ1) is 23.1. The second-order valence-electron chi connectivity index (χ2n) is 6.73. The topological polar surface area (TPSA) is 39.7 Å². The van der Waals surface area contributed by atoms with Crippen LogP contribution in [0.1, 0.15) is 38.7 Å². The van der Waals surface area contributed by atoms with Crippen LogP contribution in [-0.4, -0.2) is 50.1 Å². The number of aliphatic imine (C=N–C) groups is 1. The number of likely N-dealkylation sites (tertiary alicyclic amines) is 1. The van der Waals surface area contributed by atoms with Gasteiger partial charge in [-0.05, 0) is 75.9 Å². The smallest absolute Gasteiger partial charge is 0.191 e. The SMILES string of the molecule is CCNC(=NCCC1CCN(CC)CC1)NCCc1ccc(F)cc1.I. The summed E-state index contributed by atoms with van der Waals surface area (Å²) in [5.74, 6) is 1.51. The zero-order chi connectivity index (χ0) is 17.9. The van der Waals surface area contributed by atoms with Gasteiger partial charge < -0.3 is 15.5 Å². The summed E-state index contributed by atoms with van der Waals surface area (Å²) < 4.78 is 12.9. The van der Waals surface area contributed by atoms with Crippen LogP contribution in [0.25, 0.3) is 0 Å². The van der Waals surface area contributed by atoms with Gasteiger partial charge in [0.05, 0.1) is 0 Å². The molecule has 0 aromatic heterocycles. The van der Waals surface area contributed by atoms with E-state index < -0.39 is 0 Å². The van der Waals surface area contributed by atoms with Crippen molar-refractivity contribution in [2.45, 2.75) is 39.5 Å². The first-order valence-corrected chi connectivity index (χ1v) is 9.70. The predicted molar refractivity (Wildman–Crippen MR) is 119 cm³/mol. The van der Waals surface area contributed by atoms with Gasteiger partial charge in [0.15, 0.2) is 5.96 Å². The molecule has 1 aliphatic heterocycles. The van der Waals surface area contributed by atoms with Crippen LogP contribution in [0.5, 0.6) is 0 Å². The number of benzene rings is 1. The fourth-order valence-corrected chi connectivity index (χ4v) is 3.27. The highest BCUT2D eigenvalue weighted by molar-refractivity contribution is 14.0. The van der Waals surface area contributed by atoms with Gasteiger partial charge in [0.25, 0.3) is 0 Å². The minimum Gasteiger partial charge on any atom is -0.357 e. The molecule has 148 valence electrons. The number of nitrogens with one attached hydrogen (secondary N) is 2. The molecule has 2 rings (SSSR count). The average molecular weight is 476 g/mol. The van der Waals surface area contributed by atoms with E-state index in [1.54, 1.807) is 0 Å². The highest BCUT2D eigenvalue weighted by atomic mass is 127. The van der Waals surface area contributed by atoms with Crippen molar-refractivity contribution in [3.8, 4) is 0 Å². The zero-order valence-electron chi connectivity index (χ0n) is 16.1. The zero-order valence-corrected chi connectivity index (χ0v) is 18.5. The van der Waals surface area contributed by atoms with Gasteiger partial charge in [-0.25, -0.2) is 4.39 Å². The first-order valence-electron chi connectivity index (χ1n) is 9.70. The molecule has 0 saturated carbocycles. The third kappa shape index (κ3) is 8.66. The van der Waals surface area contributed by atoms with E-state index in [-0.39, 0.29) is 29.8 Å². The van der Waals surface area contributed by atoms with Crippen LogP contribution < -0.4 is 10.6 Å². The van der Waals surface area contributed by atoms with Crippen LogP contribution >= 0.6 is 24.0 Å².